The number of likely N-dealkylation sites (N-methyl/N-ethyl adjacent to an activating group) is 1. The zero-order valence-electron chi connectivity index (χ0n) is 16.2. The fourth-order valence-electron chi connectivity index (χ4n) is 1.90. The third-order valence-electron chi connectivity index (χ3n) is 3.24. The maximum atomic E-state index is 12.5. The van der Waals surface area contributed by atoms with Crippen LogP contribution in [0.1, 0.15) is 26.3 Å². The highest BCUT2D eigenvalue weighted by Gasteiger charge is 2.30. The van der Waals surface area contributed by atoms with Crippen LogP contribution in [0.2, 0.25) is 0 Å². The molecule has 0 bridgehead atoms. The van der Waals surface area contributed by atoms with E-state index in [4.69, 9.17) is 9.47 Å². The first-order chi connectivity index (χ1) is 12.8. The summed E-state index contributed by atoms with van der Waals surface area (Å²) >= 11 is 0. The van der Waals surface area contributed by atoms with Crippen molar-refractivity contribution in [1.82, 2.24) is 10.2 Å². The van der Waals surface area contributed by atoms with Crippen LogP contribution in [0.5, 0.6) is 5.75 Å². The lowest BCUT2D eigenvalue weighted by atomic mass is 10.2. The number of amides is 2. The Labute approximate surface area is 161 Å². The second-order valence-corrected chi connectivity index (χ2v) is 7.13. The number of ether oxygens (including phenoxy) is 2. The smallest absolute Gasteiger partial charge is 0.416 e. The SMILES string of the molecule is CN(CC(=O)NCC(O)COc1ccc(C(F)(F)F)cc1)C(=O)OC(C)(C)C. The number of aliphatic hydroxyl groups excluding tert-OH is 1. The van der Waals surface area contributed by atoms with Crippen LogP contribution < -0.4 is 10.1 Å². The largest absolute Gasteiger partial charge is 0.491 e. The van der Waals surface area contributed by atoms with Crippen molar-refractivity contribution in [2.45, 2.75) is 38.7 Å². The first-order valence-corrected chi connectivity index (χ1v) is 8.47. The molecule has 0 spiro atoms. The highest BCUT2D eigenvalue weighted by molar-refractivity contribution is 5.82. The minimum atomic E-state index is -4.44. The second kappa shape index (κ2) is 9.63. The molecule has 28 heavy (non-hydrogen) atoms. The zero-order valence-corrected chi connectivity index (χ0v) is 16.2. The summed E-state index contributed by atoms with van der Waals surface area (Å²) in [6.07, 6.45) is -6.18. The van der Waals surface area contributed by atoms with E-state index in [0.717, 1.165) is 29.2 Å². The molecule has 2 amide bonds. The molecule has 0 fully saturated rings. The van der Waals surface area contributed by atoms with Gasteiger partial charge in [-0.2, -0.15) is 13.2 Å². The minimum absolute atomic E-state index is 0.151. The van der Waals surface area contributed by atoms with Gasteiger partial charge in [-0.3, -0.25) is 4.79 Å². The van der Waals surface area contributed by atoms with Gasteiger partial charge in [0.25, 0.3) is 0 Å². The van der Waals surface area contributed by atoms with Gasteiger partial charge in [-0.15, -0.1) is 0 Å². The molecule has 2 N–H and O–H groups in total. The van der Waals surface area contributed by atoms with Crippen LogP contribution in [0, 0.1) is 0 Å². The first kappa shape index (κ1) is 23.5. The lowest BCUT2D eigenvalue weighted by Gasteiger charge is -2.24. The predicted octanol–water partition coefficient (Wildman–Crippen LogP) is 2.43. The van der Waals surface area contributed by atoms with E-state index < -0.39 is 35.4 Å². The summed E-state index contributed by atoms with van der Waals surface area (Å²) in [5.74, 6) is -0.357. The molecule has 0 radical (unpaired) electrons. The average molecular weight is 406 g/mol. The first-order valence-electron chi connectivity index (χ1n) is 8.47. The number of halogens is 3. The van der Waals surface area contributed by atoms with E-state index in [0.29, 0.717) is 0 Å². The van der Waals surface area contributed by atoms with Gasteiger partial charge in [-0.25, -0.2) is 4.79 Å². The van der Waals surface area contributed by atoms with E-state index in [2.05, 4.69) is 5.32 Å². The standard InChI is InChI=1S/C18H25F3N2O5/c1-17(2,3)28-16(26)23(4)10-15(25)22-9-13(24)11-27-14-7-5-12(6-8-14)18(19,20)21/h5-8,13,24H,9-11H2,1-4H3,(H,22,25). The van der Waals surface area contributed by atoms with E-state index in [1.807, 2.05) is 0 Å². The Morgan fingerprint density at radius 3 is 2.25 bits per heavy atom. The normalized spacial score (nSPS) is 12.9. The number of aliphatic hydroxyl groups is 1. The number of benzene rings is 1. The maximum absolute atomic E-state index is 12.5. The number of carbonyl (C=O) groups excluding carboxylic acids is 2. The lowest BCUT2D eigenvalue weighted by Crippen LogP contribution is -2.43. The molecule has 1 aromatic rings. The van der Waals surface area contributed by atoms with E-state index in [1.165, 1.54) is 7.05 Å². The van der Waals surface area contributed by atoms with Gasteiger partial charge < -0.3 is 24.8 Å². The number of alkyl halides is 3. The van der Waals surface area contributed by atoms with Crippen LogP contribution in [0.4, 0.5) is 18.0 Å². The van der Waals surface area contributed by atoms with Crippen molar-refractivity contribution in [2.75, 3.05) is 26.7 Å². The number of carbonyl (C=O) groups is 2. The van der Waals surface area contributed by atoms with Crippen molar-refractivity contribution in [3.63, 3.8) is 0 Å². The van der Waals surface area contributed by atoms with E-state index >= 15 is 0 Å². The molecule has 0 aromatic heterocycles. The maximum Gasteiger partial charge on any atom is 0.416 e. The summed E-state index contributed by atoms with van der Waals surface area (Å²) in [5, 5.41) is 12.2. The van der Waals surface area contributed by atoms with Crippen LogP contribution in [-0.2, 0) is 15.7 Å². The van der Waals surface area contributed by atoms with Crippen LogP contribution >= 0.6 is 0 Å². The van der Waals surface area contributed by atoms with Crippen molar-refractivity contribution >= 4 is 12.0 Å². The molecule has 0 aliphatic carbocycles. The molecule has 0 heterocycles. The molecule has 0 saturated carbocycles. The molecule has 0 aliphatic heterocycles. The molecule has 1 rings (SSSR count). The van der Waals surface area contributed by atoms with Crippen LogP contribution in [0.25, 0.3) is 0 Å². The quantitative estimate of drug-likeness (QED) is 0.726. The monoisotopic (exact) mass is 406 g/mol. The second-order valence-electron chi connectivity index (χ2n) is 7.13. The summed E-state index contributed by atoms with van der Waals surface area (Å²) in [7, 11) is 1.40. The van der Waals surface area contributed by atoms with E-state index in [9.17, 15) is 27.9 Å². The van der Waals surface area contributed by atoms with Gasteiger partial charge in [0, 0.05) is 13.6 Å². The Balaban J connectivity index is 2.35. The van der Waals surface area contributed by atoms with Crippen molar-refractivity contribution in [3.8, 4) is 5.75 Å². The van der Waals surface area contributed by atoms with Gasteiger partial charge in [-0.1, -0.05) is 0 Å². The number of hydrogen-bond acceptors (Lipinski definition) is 5. The minimum Gasteiger partial charge on any atom is -0.491 e. The van der Waals surface area contributed by atoms with Crippen LogP contribution in [0.3, 0.4) is 0 Å². The van der Waals surface area contributed by atoms with Gasteiger partial charge in [0.05, 0.1) is 5.56 Å². The van der Waals surface area contributed by atoms with Gasteiger partial charge >= 0.3 is 12.3 Å². The van der Waals surface area contributed by atoms with Crippen LogP contribution in [0.15, 0.2) is 24.3 Å². The van der Waals surface area contributed by atoms with Gasteiger partial charge in [0.15, 0.2) is 0 Å². The van der Waals surface area contributed by atoms with Gasteiger partial charge in [0.2, 0.25) is 5.91 Å². The van der Waals surface area contributed by atoms with E-state index in [1.54, 1.807) is 20.8 Å². The molecule has 0 saturated heterocycles. The zero-order chi connectivity index (χ0) is 21.5. The Hall–Kier alpha value is -2.49. The molecular formula is C18H25F3N2O5. The average Bonchev–Trinajstić information content (AvgIpc) is 2.56. The molecule has 158 valence electrons. The fraction of sp³-hybridized carbons (Fsp3) is 0.556. The topological polar surface area (TPSA) is 88.1 Å². The third kappa shape index (κ3) is 8.94. The molecule has 1 aromatic carbocycles. The molecule has 1 unspecified atom stereocenters. The highest BCUT2D eigenvalue weighted by Crippen LogP contribution is 2.30. The molecule has 10 heteroatoms. The number of nitrogens with zero attached hydrogens (tertiary/aromatic N) is 1. The Morgan fingerprint density at radius 1 is 1.18 bits per heavy atom. The summed E-state index contributed by atoms with van der Waals surface area (Å²) in [6, 6.07) is 4.03. The van der Waals surface area contributed by atoms with Gasteiger partial charge in [-0.05, 0) is 45.0 Å². The van der Waals surface area contributed by atoms with E-state index in [-0.39, 0.29) is 25.4 Å². The van der Waals surface area contributed by atoms with Crippen molar-refractivity contribution in [3.05, 3.63) is 29.8 Å². The number of rotatable bonds is 7. The number of nitrogens with one attached hydrogen (secondary N) is 1. The predicted molar refractivity (Wildman–Crippen MR) is 94.8 cm³/mol. The molecular weight excluding hydrogens is 381 g/mol. The lowest BCUT2D eigenvalue weighted by molar-refractivity contribution is -0.137. The summed E-state index contributed by atoms with van der Waals surface area (Å²) in [5.41, 5.74) is -1.49. The van der Waals surface area contributed by atoms with Crippen molar-refractivity contribution < 1.29 is 37.3 Å². The van der Waals surface area contributed by atoms with Gasteiger partial charge in [0.1, 0.15) is 30.6 Å². The summed E-state index contributed by atoms with van der Waals surface area (Å²) in [6.45, 7) is 4.46. The van der Waals surface area contributed by atoms with Crippen LogP contribution in [-0.4, -0.2) is 60.5 Å². The summed E-state index contributed by atoms with van der Waals surface area (Å²) < 4.78 is 47.7. The fourth-order valence-corrected chi connectivity index (χ4v) is 1.90. The molecule has 0 aliphatic rings. The summed E-state index contributed by atoms with van der Waals surface area (Å²) in [4.78, 5) is 24.7. The molecule has 7 nitrogen and oxygen atoms in total. The Kier molecular flexibility index (Phi) is 8.10. The third-order valence-corrected chi connectivity index (χ3v) is 3.24. The Morgan fingerprint density at radius 2 is 1.75 bits per heavy atom. The van der Waals surface area contributed by atoms with Crippen molar-refractivity contribution in [2.24, 2.45) is 0 Å². The highest BCUT2D eigenvalue weighted by atomic mass is 19.4. The number of hydrogen-bond donors (Lipinski definition) is 2. The molecule has 1 atom stereocenters. The van der Waals surface area contributed by atoms with Crippen molar-refractivity contribution in [1.29, 1.82) is 0 Å². The Bertz CT molecular complexity index is 657.